The van der Waals surface area contributed by atoms with Crippen molar-refractivity contribution >= 4 is 86.8 Å². The lowest BCUT2D eigenvalue weighted by Gasteiger charge is -2.38. The molecule has 212 valence electrons. The van der Waals surface area contributed by atoms with E-state index in [2.05, 4.69) is 76.6 Å². The van der Waals surface area contributed by atoms with Gasteiger partial charge in [-0.1, -0.05) is 71.9 Å². The molecule has 0 aliphatic carbocycles. The maximum Gasteiger partial charge on any atom is 0.240 e. The molecule has 0 spiro atoms. The van der Waals surface area contributed by atoms with Crippen molar-refractivity contribution in [3.05, 3.63) is 81.4 Å². The molecule has 6 heterocycles. The maximum atomic E-state index is 14.7. The minimum atomic E-state index is -0.623. The molecule has 2 saturated heterocycles. The Kier molecular flexibility index (Phi) is 6.56. The van der Waals surface area contributed by atoms with E-state index in [9.17, 15) is 9.59 Å². The molecule has 3 aromatic heterocycles. The first kappa shape index (κ1) is 28.3. The standard InChI is InChI=1S/C32H31NO2S6/c1-29(2,3)39-28-24-21(25(38-28)19-14-10-16-36-19)32(40-30(4,5)6)23-22(31(24,41-32)20-15-11-17-37-20)26(34)33(27(23)35)18-12-8-7-9-13-18/h7-17,22-23H,1-6H3/t22-,23+,31-,32-/m0/s1. The van der Waals surface area contributed by atoms with Crippen molar-refractivity contribution < 1.29 is 9.59 Å². The molecule has 0 saturated carbocycles. The Hall–Kier alpha value is -1.49. The summed E-state index contributed by atoms with van der Waals surface area (Å²) >= 11 is 11.0. The van der Waals surface area contributed by atoms with Gasteiger partial charge in [0.1, 0.15) is 4.08 Å². The van der Waals surface area contributed by atoms with E-state index in [4.69, 9.17) is 0 Å². The van der Waals surface area contributed by atoms with Crippen LogP contribution in [-0.4, -0.2) is 21.3 Å². The topological polar surface area (TPSA) is 37.4 Å². The van der Waals surface area contributed by atoms with Gasteiger partial charge in [-0.05, 0) is 35.0 Å². The third kappa shape index (κ3) is 4.13. The first-order chi connectivity index (χ1) is 19.4. The van der Waals surface area contributed by atoms with E-state index < -0.39 is 20.7 Å². The lowest BCUT2D eigenvalue weighted by Crippen LogP contribution is -2.41. The van der Waals surface area contributed by atoms with Gasteiger partial charge in [0.2, 0.25) is 11.8 Å². The summed E-state index contributed by atoms with van der Waals surface area (Å²) < 4.78 is -0.0814. The fraction of sp³-hybridized carbons (Fsp3) is 0.375. The lowest BCUT2D eigenvalue weighted by atomic mass is 9.69. The summed E-state index contributed by atoms with van der Waals surface area (Å²) in [6, 6.07) is 18.1. The minimum absolute atomic E-state index is 0.0101. The number of benzene rings is 1. The van der Waals surface area contributed by atoms with Crippen LogP contribution in [0.5, 0.6) is 0 Å². The molecule has 0 radical (unpaired) electrons. The number of fused-ring (bicyclic) bond motifs is 8. The number of nitrogens with zero attached hydrogens (tertiary/aromatic N) is 1. The molecule has 3 nitrogen and oxygen atoms in total. The van der Waals surface area contributed by atoms with Crippen molar-refractivity contribution in [2.75, 3.05) is 4.90 Å². The summed E-state index contributed by atoms with van der Waals surface area (Å²) in [4.78, 5) is 34.6. The van der Waals surface area contributed by atoms with E-state index in [0.29, 0.717) is 5.69 Å². The van der Waals surface area contributed by atoms with Gasteiger partial charge in [0.05, 0.1) is 31.4 Å². The summed E-state index contributed by atoms with van der Waals surface area (Å²) in [6.45, 7) is 13.5. The van der Waals surface area contributed by atoms with Crippen LogP contribution in [0, 0.1) is 11.8 Å². The first-order valence-electron chi connectivity index (χ1n) is 13.7. The second-order valence-corrected chi connectivity index (χ2v) is 21.5. The van der Waals surface area contributed by atoms with Crippen LogP contribution in [0.1, 0.15) is 57.5 Å². The monoisotopic (exact) mass is 653 g/mol. The van der Waals surface area contributed by atoms with Crippen LogP contribution in [0.25, 0.3) is 9.75 Å². The van der Waals surface area contributed by atoms with E-state index in [1.54, 1.807) is 22.7 Å². The molecule has 3 aliphatic rings. The van der Waals surface area contributed by atoms with Gasteiger partial charge < -0.3 is 0 Å². The summed E-state index contributed by atoms with van der Waals surface area (Å²) in [5.74, 6) is -1.05. The van der Waals surface area contributed by atoms with Crippen LogP contribution < -0.4 is 4.90 Å². The van der Waals surface area contributed by atoms with E-state index in [0.717, 1.165) is 0 Å². The fourth-order valence-electron chi connectivity index (χ4n) is 6.49. The second-order valence-electron chi connectivity index (χ2n) is 12.7. The fourth-order valence-corrected chi connectivity index (χ4v) is 16.9. The molecule has 9 heteroatoms. The average molecular weight is 654 g/mol. The highest BCUT2D eigenvalue weighted by Gasteiger charge is 2.80. The van der Waals surface area contributed by atoms with Gasteiger partial charge >= 0.3 is 0 Å². The molecule has 4 aromatic rings. The molecule has 3 aliphatic heterocycles. The number of imide groups is 1. The number of carbonyl (C=O) groups excluding carboxylic acids is 2. The summed E-state index contributed by atoms with van der Waals surface area (Å²) in [5.41, 5.74) is 3.24. The number of hydrogen-bond acceptors (Lipinski definition) is 8. The molecule has 0 unspecified atom stereocenters. The molecule has 2 amide bonds. The molecule has 1 aromatic carbocycles. The summed E-state index contributed by atoms with van der Waals surface area (Å²) in [7, 11) is 0. The molecule has 2 bridgehead atoms. The quantitative estimate of drug-likeness (QED) is 0.158. The molecular formula is C32H31NO2S6. The molecule has 4 atom stereocenters. The largest absolute Gasteiger partial charge is 0.274 e. The Morgan fingerprint density at radius 2 is 1.46 bits per heavy atom. The zero-order valence-corrected chi connectivity index (χ0v) is 28.6. The number of thioether (sulfide) groups is 3. The van der Waals surface area contributed by atoms with Crippen LogP contribution >= 0.6 is 69.3 Å². The molecule has 0 N–H and O–H groups in total. The molecule has 7 rings (SSSR count). The van der Waals surface area contributed by atoms with Crippen LogP contribution in [0.3, 0.4) is 0 Å². The normalized spacial score (nSPS) is 27.1. The van der Waals surface area contributed by atoms with Crippen molar-refractivity contribution in [2.45, 2.75) is 64.1 Å². The Labute approximate surface area is 266 Å². The number of amides is 2. The minimum Gasteiger partial charge on any atom is -0.274 e. The Morgan fingerprint density at radius 1 is 0.780 bits per heavy atom. The van der Waals surface area contributed by atoms with Crippen molar-refractivity contribution in [1.29, 1.82) is 0 Å². The molecule has 2 fully saturated rings. The van der Waals surface area contributed by atoms with Gasteiger partial charge in [0, 0.05) is 30.4 Å². The third-order valence-corrected chi connectivity index (χ3v) is 15.9. The van der Waals surface area contributed by atoms with Crippen LogP contribution in [0.15, 0.2) is 69.6 Å². The van der Waals surface area contributed by atoms with Gasteiger partial charge in [-0.2, -0.15) is 0 Å². The van der Waals surface area contributed by atoms with Gasteiger partial charge in [0.15, 0.2) is 0 Å². The van der Waals surface area contributed by atoms with Crippen molar-refractivity contribution in [3.63, 3.8) is 0 Å². The van der Waals surface area contributed by atoms with E-state index in [1.165, 1.54) is 34.9 Å². The highest BCUT2D eigenvalue weighted by Crippen LogP contribution is 2.84. The smallest absolute Gasteiger partial charge is 0.240 e. The number of rotatable bonds is 5. The number of hydrogen-bond donors (Lipinski definition) is 0. The van der Waals surface area contributed by atoms with E-state index in [-0.39, 0.29) is 21.3 Å². The van der Waals surface area contributed by atoms with Crippen LogP contribution in [0.2, 0.25) is 0 Å². The number of carbonyl (C=O) groups is 2. The first-order valence-corrected chi connectivity index (χ1v) is 18.7. The van der Waals surface area contributed by atoms with E-state index in [1.807, 2.05) is 77.0 Å². The van der Waals surface area contributed by atoms with E-state index >= 15 is 0 Å². The third-order valence-electron chi connectivity index (χ3n) is 7.57. The van der Waals surface area contributed by atoms with Gasteiger partial charge in [-0.3, -0.25) is 9.59 Å². The Morgan fingerprint density at radius 3 is 2.07 bits per heavy atom. The number of thiophene rings is 3. The number of anilines is 1. The van der Waals surface area contributed by atoms with Gasteiger partial charge in [-0.25, -0.2) is 4.90 Å². The Bertz CT molecular complexity index is 1640. The molecule has 41 heavy (non-hydrogen) atoms. The highest BCUT2D eigenvalue weighted by molar-refractivity contribution is 8.19. The SMILES string of the molecule is CC(C)(C)Sc1sc(-c2cccs2)c2c1[C@@]1(c3cccs3)S[C@]2(SC(C)(C)C)[C@H]2C(=O)N(c3ccccc3)C(=O)[C@H]21. The van der Waals surface area contributed by atoms with Crippen molar-refractivity contribution in [1.82, 2.24) is 0 Å². The highest BCUT2D eigenvalue weighted by atomic mass is 32.2. The van der Waals surface area contributed by atoms with Crippen LogP contribution in [-0.2, 0) is 18.4 Å². The lowest BCUT2D eigenvalue weighted by molar-refractivity contribution is -0.122. The second kappa shape index (κ2) is 9.50. The summed E-state index contributed by atoms with van der Waals surface area (Å²) in [6.07, 6.45) is 0. The Balaban J connectivity index is 1.58. The average Bonchev–Trinajstić information content (AvgIpc) is 3.70. The molecular weight excluding hydrogens is 623 g/mol. The van der Waals surface area contributed by atoms with Crippen molar-refractivity contribution in [3.8, 4) is 9.75 Å². The predicted octanol–water partition coefficient (Wildman–Crippen LogP) is 9.92. The van der Waals surface area contributed by atoms with Crippen molar-refractivity contribution in [2.24, 2.45) is 11.8 Å². The van der Waals surface area contributed by atoms with Gasteiger partial charge in [-0.15, -0.1) is 69.3 Å². The van der Waals surface area contributed by atoms with Crippen LogP contribution in [0.4, 0.5) is 5.69 Å². The maximum absolute atomic E-state index is 14.7. The summed E-state index contributed by atoms with van der Waals surface area (Å²) in [5, 5.41) is 4.26. The predicted molar refractivity (Wildman–Crippen MR) is 181 cm³/mol. The van der Waals surface area contributed by atoms with Gasteiger partial charge in [0.25, 0.3) is 0 Å². The zero-order valence-electron chi connectivity index (χ0n) is 23.7. The number of para-hydroxylation sites is 1. The zero-order chi connectivity index (χ0) is 28.9.